The molecule has 1 atom stereocenters. The van der Waals surface area contributed by atoms with Crippen LogP contribution in [0.2, 0.25) is 0 Å². The Morgan fingerprint density at radius 1 is 1.07 bits per heavy atom. The number of carbonyl (C=O) groups is 2. The number of nitrogens with zero attached hydrogens (tertiary/aromatic N) is 5. The summed E-state index contributed by atoms with van der Waals surface area (Å²) < 4.78 is 78.9. The maximum Gasteiger partial charge on any atom is 0.435 e. The fraction of sp³-hybridized carbons (Fsp3) is 0.414. The number of aryl methyl sites for hydroxylation is 1. The van der Waals surface area contributed by atoms with Crippen molar-refractivity contribution in [2.45, 2.75) is 52.0 Å². The van der Waals surface area contributed by atoms with E-state index >= 15 is 0 Å². The molecule has 1 saturated heterocycles. The molecule has 0 spiro atoms. The first-order chi connectivity index (χ1) is 21.4. The summed E-state index contributed by atoms with van der Waals surface area (Å²) >= 11 is 0. The summed E-state index contributed by atoms with van der Waals surface area (Å²) in [5.74, 6) is -0.612. The molecule has 1 aliphatic heterocycles. The summed E-state index contributed by atoms with van der Waals surface area (Å²) in [6.07, 6.45) is -6.84. The van der Waals surface area contributed by atoms with Crippen molar-refractivity contribution in [1.82, 2.24) is 19.5 Å². The van der Waals surface area contributed by atoms with Crippen LogP contribution in [0.25, 0.3) is 16.9 Å². The summed E-state index contributed by atoms with van der Waals surface area (Å²) in [5, 5.41) is 12.5. The first-order valence-electron chi connectivity index (χ1n) is 14.0. The van der Waals surface area contributed by atoms with Crippen LogP contribution in [0.5, 0.6) is 0 Å². The summed E-state index contributed by atoms with van der Waals surface area (Å²) in [7, 11) is -4.36. The standard InChI is InChI=1S/C29H33F3N6O7S/c1-18-6-8-21(9-7-18)24-14-25(29(30,31)32)33-38(24)22-10-12-23(13-11-22)46(41,42)34-27(40)43-17-20-15-37(16-20)35-36-45-19(2)44-26(39)28(3,4)5/h6-14,19-20H,15-17H2,1-5H3,(H,34,40). The zero-order chi connectivity index (χ0) is 33.9. The molecule has 0 radical (unpaired) electrons. The predicted octanol–water partition coefficient (Wildman–Crippen LogP) is 5.45. The number of aromatic nitrogens is 2. The van der Waals surface area contributed by atoms with E-state index in [9.17, 15) is 31.2 Å². The molecule has 2 heterocycles. The van der Waals surface area contributed by atoms with Gasteiger partial charge in [0.2, 0.25) is 0 Å². The first-order valence-corrected chi connectivity index (χ1v) is 15.5. The van der Waals surface area contributed by atoms with Crippen LogP contribution in [0.1, 0.15) is 39.0 Å². The van der Waals surface area contributed by atoms with Gasteiger partial charge in [0.15, 0.2) is 5.69 Å². The van der Waals surface area contributed by atoms with Crippen molar-refractivity contribution < 1.29 is 45.5 Å². The predicted molar refractivity (Wildman–Crippen MR) is 156 cm³/mol. The first kappa shape index (κ1) is 34.2. The molecule has 1 unspecified atom stereocenters. The zero-order valence-corrected chi connectivity index (χ0v) is 26.4. The van der Waals surface area contributed by atoms with Crippen LogP contribution in [0.4, 0.5) is 18.0 Å². The van der Waals surface area contributed by atoms with Crippen molar-refractivity contribution in [3.05, 3.63) is 65.9 Å². The number of hydrogen-bond acceptors (Lipinski definition) is 10. The van der Waals surface area contributed by atoms with Crippen LogP contribution in [0.15, 0.2) is 70.0 Å². The average Bonchev–Trinajstić information content (AvgIpc) is 3.40. The monoisotopic (exact) mass is 666 g/mol. The van der Waals surface area contributed by atoms with E-state index in [2.05, 4.69) is 15.6 Å². The van der Waals surface area contributed by atoms with Crippen molar-refractivity contribution in [3.8, 4) is 16.9 Å². The number of carbonyl (C=O) groups excluding carboxylic acids is 2. The van der Waals surface area contributed by atoms with Gasteiger partial charge in [-0.25, -0.2) is 22.6 Å². The lowest BCUT2D eigenvalue weighted by Crippen LogP contribution is -2.46. The zero-order valence-electron chi connectivity index (χ0n) is 25.6. The molecule has 2 aromatic carbocycles. The molecule has 1 aliphatic rings. The minimum absolute atomic E-state index is 0.102. The molecule has 1 fully saturated rings. The minimum atomic E-state index is -4.70. The SMILES string of the molecule is Cc1ccc(-c2cc(C(F)(F)F)nn2-c2ccc(S(=O)(=O)NC(=O)OCC3CN(N=NOC(C)OC(=O)C(C)(C)C)C3)cc2)cc1. The van der Waals surface area contributed by atoms with Gasteiger partial charge >= 0.3 is 18.2 Å². The van der Waals surface area contributed by atoms with Gasteiger partial charge in [-0.1, -0.05) is 29.8 Å². The van der Waals surface area contributed by atoms with Gasteiger partial charge in [0.05, 0.1) is 28.3 Å². The topological polar surface area (TPSA) is 154 Å². The molecular formula is C29H33F3N6O7S. The van der Waals surface area contributed by atoms with Crippen molar-refractivity contribution in [2.75, 3.05) is 19.7 Å². The van der Waals surface area contributed by atoms with Crippen LogP contribution in [-0.2, 0) is 35.3 Å². The largest absolute Gasteiger partial charge is 0.448 e. The summed E-state index contributed by atoms with van der Waals surface area (Å²) in [4.78, 5) is 28.7. The number of sulfonamides is 1. The van der Waals surface area contributed by atoms with Gasteiger partial charge in [-0.2, -0.15) is 18.3 Å². The van der Waals surface area contributed by atoms with Gasteiger partial charge in [-0.15, -0.1) is 0 Å². The van der Waals surface area contributed by atoms with E-state index in [1.54, 1.807) is 45.0 Å². The Bertz CT molecular complexity index is 1680. The number of hydrogen-bond donors (Lipinski definition) is 1. The van der Waals surface area contributed by atoms with Gasteiger partial charge in [0.1, 0.15) is 0 Å². The molecule has 0 saturated carbocycles. The second-order valence-corrected chi connectivity index (χ2v) is 13.3. The maximum absolute atomic E-state index is 13.5. The van der Waals surface area contributed by atoms with E-state index in [-0.39, 0.29) is 28.8 Å². The van der Waals surface area contributed by atoms with Gasteiger partial charge < -0.3 is 14.3 Å². The van der Waals surface area contributed by atoms with Crippen molar-refractivity contribution in [3.63, 3.8) is 0 Å². The molecule has 17 heteroatoms. The molecule has 4 rings (SSSR count). The second kappa shape index (κ2) is 13.4. The third kappa shape index (κ3) is 8.74. The van der Waals surface area contributed by atoms with Crippen LogP contribution in [0, 0.1) is 18.3 Å². The highest BCUT2D eigenvalue weighted by atomic mass is 32.2. The average molecular weight is 667 g/mol. The Morgan fingerprint density at radius 3 is 2.28 bits per heavy atom. The summed E-state index contributed by atoms with van der Waals surface area (Å²) in [6, 6.07) is 12.6. The molecule has 3 aromatic rings. The highest BCUT2D eigenvalue weighted by Crippen LogP contribution is 2.33. The number of esters is 1. The molecule has 1 amide bonds. The van der Waals surface area contributed by atoms with Gasteiger partial charge in [-0.3, -0.25) is 9.80 Å². The summed E-state index contributed by atoms with van der Waals surface area (Å²) in [5.41, 5.74) is -0.0788. The third-order valence-electron chi connectivity index (χ3n) is 6.59. The molecule has 0 bridgehead atoms. The number of benzene rings is 2. The number of amides is 1. The Morgan fingerprint density at radius 2 is 1.70 bits per heavy atom. The van der Waals surface area contributed by atoms with Crippen molar-refractivity contribution >= 4 is 22.1 Å². The third-order valence-corrected chi connectivity index (χ3v) is 7.92. The quantitative estimate of drug-likeness (QED) is 0.129. The van der Waals surface area contributed by atoms with Crippen molar-refractivity contribution in [2.24, 2.45) is 21.8 Å². The molecule has 248 valence electrons. The van der Waals surface area contributed by atoms with Gasteiger partial charge in [0.25, 0.3) is 16.3 Å². The fourth-order valence-corrected chi connectivity index (χ4v) is 4.90. The molecule has 1 N–H and O–H groups in total. The Kier molecular flexibility index (Phi) is 9.94. The van der Waals surface area contributed by atoms with E-state index < -0.39 is 45.7 Å². The van der Waals surface area contributed by atoms with Gasteiger partial charge in [0, 0.05) is 36.8 Å². The number of ether oxygens (including phenoxy) is 2. The van der Waals surface area contributed by atoms with E-state index in [0.717, 1.165) is 28.4 Å². The van der Waals surface area contributed by atoms with E-state index in [1.165, 1.54) is 24.1 Å². The molecule has 0 aliphatic carbocycles. The number of alkyl halides is 3. The minimum Gasteiger partial charge on any atom is -0.448 e. The van der Waals surface area contributed by atoms with Crippen molar-refractivity contribution in [1.29, 1.82) is 0 Å². The summed E-state index contributed by atoms with van der Waals surface area (Å²) in [6.45, 7) is 9.02. The maximum atomic E-state index is 13.5. The fourth-order valence-electron chi connectivity index (χ4n) is 4.01. The van der Waals surface area contributed by atoms with E-state index in [4.69, 9.17) is 14.3 Å². The molecule has 13 nitrogen and oxygen atoms in total. The smallest absolute Gasteiger partial charge is 0.435 e. The molecule has 1 aromatic heterocycles. The van der Waals surface area contributed by atoms with Crippen LogP contribution in [-0.4, -0.2) is 61.3 Å². The Labute approximate surface area is 263 Å². The molecular weight excluding hydrogens is 633 g/mol. The number of rotatable bonds is 10. The van der Waals surface area contributed by atoms with Crippen LogP contribution < -0.4 is 4.72 Å². The van der Waals surface area contributed by atoms with Crippen LogP contribution >= 0.6 is 0 Å². The Hall–Kier alpha value is -4.67. The van der Waals surface area contributed by atoms with E-state index in [0.29, 0.717) is 18.7 Å². The number of halogens is 3. The van der Waals surface area contributed by atoms with E-state index in [1.807, 2.05) is 11.6 Å². The second-order valence-electron chi connectivity index (χ2n) is 11.6. The number of nitrogens with one attached hydrogen (secondary N) is 1. The van der Waals surface area contributed by atoms with Crippen LogP contribution in [0.3, 0.4) is 0 Å². The highest BCUT2D eigenvalue weighted by molar-refractivity contribution is 7.90. The lowest BCUT2D eigenvalue weighted by molar-refractivity contribution is -0.187. The highest BCUT2D eigenvalue weighted by Gasteiger charge is 2.35. The Balaban J connectivity index is 1.29. The molecule has 46 heavy (non-hydrogen) atoms. The normalized spacial score (nSPS) is 14.9. The lowest BCUT2D eigenvalue weighted by Gasteiger charge is -2.34. The van der Waals surface area contributed by atoms with Gasteiger partial charge in [-0.05, 0) is 63.3 Å². The lowest BCUT2D eigenvalue weighted by atomic mass is 9.97.